The lowest BCUT2D eigenvalue weighted by atomic mass is 10.1. The molecule has 1 amide bonds. The normalized spacial score (nSPS) is 11.9. The first-order valence-electron chi connectivity index (χ1n) is 9.63. The summed E-state index contributed by atoms with van der Waals surface area (Å²) >= 11 is 0. The summed E-state index contributed by atoms with van der Waals surface area (Å²) in [7, 11) is 0. The molecule has 0 aliphatic rings. The Kier molecular flexibility index (Phi) is 5.26. The quantitative estimate of drug-likeness (QED) is 0.506. The first-order chi connectivity index (χ1) is 14.7. The summed E-state index contributed by atoms with van der Waals surface area (Å²) < 4.78 is 39.7. The van der Waals surface area contributed by atoms with Gasteiger partial charge in [-0.25, -0.2) is 4.98 Å². The number of amides is 1. The molecule has 6 nitrogen and oxygen atoms in total. The molecule has 4 rings (SSSR count). The van der Waals surface area contributed by atoms with Gasteiger partial charge in [0.05, 0.1) is 17.4 Å². The largest absolute Gasteiger partial charge is 0.416 e. The molecule has 4 aromatic rings. The molecule has 0 radical (unpaired) electrons. The summed E-state index contributed by atoms with van der Waals surface area (Å²) in [6, 6.07) is 10.5. The van der Waals surface area contributed by atoms with E-state index in [9.17, 15) is 22.8 Å². The summed E-state index contributed by atoms with van der Waals surface area (Å²) in [6.45, 7) is 2.01. The van der Waals surface area contributed by atoms with Crippen LogP contribution in [0.25, 0.3) is 21.9 Å². The molecule has 0 fully saturated rings. The zero-order valence-electron chi connectivity index (χ0n) is 16.6. The van der Waals surface area contributed by atoms with Gasteiger partial charge >= 0.3 is 6.18 Å². The average Bonchev–Trinajstić information content (AvgIpc) is 3.12. The lowest BCUT2D eigenvalue weighted by molar-refractivity contribution is -0.137. The van der Waals surface area contributed by atoms with Crippen LogP contribution in [-0.2, 0) is 24.1 Å². The predicted molar refractivity (Wildman–Crippen MR) is 111 cm³/mol. The molecule has 0 saturated carbocycles. The fourth-order valence-corrected chi connectivity index (χ4v) is 3.49. The smallest absolute Gasteiger partial charge is 0.352 e. The third-order valence-corrected chi connectivity index (χ3v) is 5.14. The third-order valence-electron chi connectivity index (χ3n) is 5.14. The van der Waals surface area contributed by atoms with E-state index in [0.29, 0.717) is 16.6 Å². The van der Waals surface area contributed by atoms with Crippen molar-refractivity contribution >= 4 is 27.8 Å². The maximum absolute atomic E-state index is 12.8. The number of alkyl halides is 3. The lowest BCUT2D eigenvalue weighted by Gasteiger charge is -2.10. The highest BCUT2D eigenvalue weighted by Gasteiger charge is 2.30. The maximum Gasteiger partial charge on any atom is 0.416 e. The molecule has 31 heavy (non-hydrogen) atoms. The van der Waals surface area contributed by atoms with Crippen molar-refractivity contribution < 1.29 is 18.0 Å². The number of nitrogens with zero attached hydrogens (tertiary/aromatic N) is 2. The number of fused-ring (bicyclic) bond motifs is 3. The van der Waals surface area contributed by atoms with Crippen LogP contribution in [0, 0.1) is 6.92 Å². The Balaban J connectivity index is 1.44. The minimum atomic E-state index is -4.44. The number of hydrogen-bond donors (Lipinski definition) is 2. The van der Waals surface area contributed by atoms with Gasteiger partial charge in [-0.3, -0.25) is 14.2 Å². The molecule has 0 spiro atoms. The van der Waals surface area contributed by atoms with Gasteiger partial charge in [-0.1, -0.05) is 30.3 Å². The number of rotatable bonds is 5. The zero-order valence-corrected chi connectivity index (χ0v) is 16.6. The van der Waals surface area contributed by atoms with E-state index >= 15 is 0 Å². The van der Waals surface area contributed by atoms with Crippen molar-refractivity contribution in [1.29, 1.82) is 0 Å². The highest BCUT2D eigenvalue weighted by molar-refractivity contribution is 6.05. The number of carbonyl (C=O) groups is 1. The number of aryl methyl sites for hydroxylation is 2. The second-order valence-electron chi connectivity index (χ2n) is 7.31. The number of benzene rings is 2. The number of aromatic nitrogens is 3. The van der Waals surface area contributed by atoms with Gasteiger partial charge in [0.2, 0.25) is 5.91 Å². The predicted octanol–water partition coefficient (Wildman–Crippen LogP) is 3.91. The van der Waals surface area contributed by atoms with Crippen LogP contribution >= 0.6 is 0 Å². The van der Waals surface area contributed by atoms with Gasteiger partial charge in [-0.15, -0.1) is 0 Å². The molecule has 160 valence electrons. The number of halogens is 3. The Bertz CT molecular complexity index is 1340. The third kappa shape index (κ3) is 4.16. The number of hydrogen-bond acceptors (Lipinski definition) is 3. The summed E-state index contributed by atoms with van der Waals surface area (Å²) in [5, 5.41) is 3.44. The van der Waals surface area contributed by atoms with Crippen LogP contribution in [0.5, 0.6) is 0 Å². The molecule has 0 unspecified atom stereocenters. The second kappa shape index (κ2) is 7.90. The number of para-hydroxylation sites is 1. The maximum atomic E-state index is 12.8. The second-order valence-corrected chi connectivity index (χ2v) is 7.31. The number of aromatic amines is 1. The summed E-state index contributed by atoms with van der Waals surface area (Å²) in [6.07, 6.45) is -3.04. The van der Waals surface area contributed by atoms with Gasteiger partial charge < -0.3 is 10.3 Å². The molecule has 2 aromatic heterocycles. The Morgan fingerprint density at radius 1 is 1.16 bits per heavy atom. The van der Waals surface area contributed by atoms with Crippen molar-refractivity contribution in [3.63, 3.8) is 0 Å². The zero-order chi connectivity index (χ0) is 22.2. The van der Waals surface area contributed by atoms with Crippen molar-refractivity contribution in [2.75, 3.05) is 0 Å². The molecule has 0 atom stereocenters. The van der Waals surface area contributed by atoms with Gasteiger partial charge in [-0.05, 0) is 30.2 Å². The molecule has 2 aromatic carbocycles. The molecule has 2 N–H and O–H groups in total. The molecule has 0 saturated heterocycles. The molecule has 0 bridgehead atoms. The first-order valence-corrected chi connectivity index (χ1v) is 9.63. The molecule has 2 heterocycles. The summed E-state index contributed by atoms with van der Waals surface area (Å²) in [5.74, 6) is -0.378. The van der Waals surface area contributed by atoms with Gasteiger partial charge in [-0.2, -0.15) is 13.2 Å². The minimum Gasteiger partial charge on any atom is -0.352 e. The van der Waals surface area contributed by atoms with E-state index in [1.165, 1.54) is 23.0 Å². The minimum absolute atomic E-state index is 0.00862. The van der Waals surface area contributed by atoms with E-state index in [1.807, 2.05) is 25.1 Å². The van der Waals surface area contributed by atoms with Crippen LogP contribution < -0.4 is 10.9 Å². The lowest BCUT2D eigenvalue weighted by Crippen LogP contribution is -2.27. The highest BCUT2D eigenvalue weighted by atomic mass is 19.4. The fourth-order valence-electron chi connectivity index (χ4n) is 3.49. The number of nitrogens with one attached hydrogen (secondary N) is 2. The van der Waals surface area contributed by atoms with E-state index < -0.39 is 11.7 Å². The van der Waals surface area contributed by atoms with Crippen molar-refractivity contribution in [2.24, 2.45) is 0 Å². The van der Waals surface area contributed by atoms with Gasteiger partial charge in [0.25, 0.3) is 5.56 Å². The molecule has 9 heteroatoms. The van der Waals surface area contributed by atoms with Gasteiger partial charge in [0.1, 0.15) is 11.0 Å². The van der Waals surface area contributed by atoms with Gasteiger partial charge in [0, 0.05) is 24.9 Å². The van der Waals surface area contributed by atoms with Crippen molar-refractivity contribution in [3.8, 4) is 0 Å². The standard InChI is InChI=1S/C22H19F3N4O2/c1-13-4-2-7-16-18(13)28-20-19(16)27-12-29(21(20)31)9-8-17(30)26-11-14-5-3-6-15(10-14)22(23,24)25/h2-7,10,12,28H,8-9,11H2,1H3,(H,26,30). The van der Waals surface area contributed by atoms with Crippen LogP contribution in [0.1, 0.15) is 23.1 Å². The van der Waals surface area contributed by atoms with Crippen molar-refractivity contribution in [1.82, 2.24) is 19.9 Å². The van der Waals surface area contributed by atoms with Crippen LogP contribution in [0.4, 0.5) is 13.2 Å². The number of H-pyrrole nitrogens is 1. The van der Waals surface area contributed by atoms with E-state index in [0.717, 1.165) is 28.6 Å². The van der Waals surface area contributed by atoms with Crippen LogP contribution in [0.2, 0.25) is 0 Å². The van der Waals surface area contributed by atoms with E-state index in [1.54, 1.807) is 0 Å². The Labute approximate surface area is 174 Å². The summed E-state index contributed by atoms with van der Waals surface area (Å²) in [4.78, 5) is 32.4. The monoisotopic (exact) mass is 428 g/mol. The Hall–Kier alpha value is -3.62. The van der Waals surface area contributed by atoms with E-state index in [2.05, 4.69) is 15.3 Å². The first kappa shape index (κ1) is 20.6. The Morgan fingerprint density at radius 3 is 2.71 bits per heavy atom. The molecular weight excluding hydrogens is 409 g/mol. The fraction of sp³-hybridized carbons (Fsp3) is 0.227. The van der Waals surface area contributed by atoms with Crippen LogP contribution in [0.3, 0.4) is 0 Å². The van der Waals surface area contributed by atoms with Crippen molar-refractivity contribution in [2.45, 2.75) is 32.6 Å². The number of carbonyl (C=O) groups excluding carboxylic acids is 1. The SMILES string of the molecule is Cc1cccc2c1[nH]c1c(=O)n(CCC(=O)NCc3cccc(C(F)(F)F)c3)cnc12. The van der Waals surface area contributed by atoms with E-state index in [4.69, 9.17) is 0 Å². The van der Waals surface area contributed by atoms with Crippen LogP contribution in [0.15, 0.2) is 53.6 Å². The average molecular weight is 428 g/mol. The van der Waals surface area contributed by atoms with Gasteiger partial charge in [0.15, 0.2) is 0 Å². The molecule has 0 aliphatic carbocycles. The van der Waals surface area contributed by atoms with Crippen LogP contribution in [-0.4, -0.2) is 20.4 Å². The highest BCUT2D eigenvalue weighted by Crippen LogP contribution is 2.29. The van der Waals surface area contributed by atoms with Crippen molar-refractivity contribution in [3.05, 3.63) is 75.8 Å². The molecular formula is C22H19F3N4O2. The molecule has 0 aliphatic heterocycles. The summed E-state index contributed by atoms with van der Waals surface area (Å²) in [5.41, 5.74) is 2.08. The topological polar surface area (TPSA) is 79.8 Å². The Morgan fingerprint density at radius 2 is 1.94 bits per heavy atom. The van der Waals surface area contributed by atoms with E-state index in [-0.39, 0.29) is 31.0 Å².